The molecule has 0 bridgehead atoms. The molecular formula is C28H40N4O5S2. The molecule has 2 atom stereocenters. The SMILES string of the molecule is CC(C)OC(=O)Nc1ccc(-c2cnc(C3=CCC(NC(=O)OC(C)(C)C)CC3)s2)c([S+]([O-])NC(C)(C)C)c1. The highest BCUT2D eigenvalue weighted by atomic mass is 32.2. The molecule has 214 valence electrons. The van der Waals surface area contributed by atoms with E-state index in [2.05, 4.69) is 26.4 Å². The minimum atomic E-state index is -1.54. The van der Waals surface area contributed by atoms with Crippen molar-refractivity contribution in [3.05, 3.63) is 35.5 Å². The van der Waals surface area contributed by atoms with E-state index in [0.29, 0.717) is 17.0 Å². The average Bonchev–Trinajstić information content (AvgIpc) is 3.26. The average molecular weight is 577 g/mol. The Hall–Kier alpha value is -2.60. The number of hydrogen-bond acceptors (Lipinski definition) is 8. The lowest BCUT2D eigenvalue weighted by molar-refractivity contribution is 0.0501. The van der Waals surface area contributed by atoms with Gasteiger partial charge in [-0.15, -0.1) is 16.1 Å². The molecule has 1 aromatic heterocycles. The molecule has 39 heavy (non-hydrogen) atoms. The summed E-state index contributed by atoms with van der Waals surface area (Å²) in [5.74, 6) is 0. The van der Waals surface area contributed by atoms with Crippen molar-refractivity contribution in [1.29, 1.82) is 0 Å². The van der Waals surface area contributed by atoms with Crippen LogP contribution in [0.4, 0.5) is 15.3 Å². The van der Waals surface area contributed by atoms with Gasteiger partial charge in [0.2, 0.25) is 0 Å². The van der Waals surface area contributed by atoms with E-state index < -0.39 is 34.7 Å². The van der Waals surface area contributed by atoms with E-state index in [1.54, 1.807) is 32.2 Å². The van der Waals surface area contributed by atoms with Crippen molar-refractivity contribution in [2.24, 2.45) is 0 Å². The number of aromatic nitrogens is 1. The first-order valence-electron chi connectivity index (χ1n) is 13.1. The number of rotatable bonds is 7. The number of ether oxygens (including phenoxy) is 2. The Morgan fingerprint density at radius 2 is 1.87 bits per heavy atom. The Morgan fingerprint density at radius 1 is 1.15 bits per heavy atom. The molecule has 1 aliphatic rings. The molecule has 0 saturated heterocycles. The number of carbonyl (C=O) groups excluding carboxylic acids is 2. The van der Waals surface area contributed by atoms with Crippen LogP contribution in [0, 0.1) is 0 Å². The second-order valence-electron chi connectivity index (χ2n) is 11.8. The topological polar surface area (TPSA) is 125 Å². The van der Waals surface area contributed by atoms with Crippen LogP contribution in [-0.4, -0.2) is 45.0 Å². The van der Waals surface area contributed by atoms with Gasteiger partial charge in [0.05, 0.1) is 33.4 Å². The van der Waals surface area contributed by atoms with E-state index in [4.69, 9.17) is 9.47 Å². The lowest BCUT2D eigenvalue weighted by Crippen LogP contribution is -2.40. The minimum absolute atomic E-state index is 0.0166. The van der Waals surface area contributed by atoms with E-state index in [1.165, 1.54) is 11.3 Å². The van der Waals surface area contributed by atoms with Gasteiger partial charge in [-0.05, 0) is 92.4 Å². The van der Waals surface area contributed by atoms with Crippen LogP contribution in [0.3, 0.4) is 0 Å². The Bertz CT molecular complexity index is 1200. The first-order valence-corrected chi connectivity index (χ1v) is 15.0. The van der Waals surface area contributed by atoms with E-state index >= 15 is 0 Å². The summed E-state index contributed by atoms with van der Waals surface area (Å²) in [6.45, 7) is 14.9. The molecule has 1 aromatic carbocycles. The molecule has 1 heterocycles. The van der Waals surface area contributed by atoms with Gasteiger partial charge in [0.25, 0.3) is 0 Å². The van der Waals surface area contributed by atoms with Crippen molar-refractivity contribution < 1.29 is 23.6 Å². The third-order valence-corrected chi connectivity index (χ3v) is 7.99. The summed E-state index contributed by atoms with van der Waals surface area (Å²) >= 11 is -0.0167. The van der Waals surface area contributed by atoms with Crippen LogP contribution < -0.4 is 15.4 Å². The monoisotopic (exact) mass is 576 g/mol. The van der Waals surface area contributed by atoms with Gasteiger partial charge in [0.15, 0.2) is 4.90 Å². The van der Waals surface area contributed by atoms with Crippen LogP contribution in [0.2, 0.25) is 0 Å². The number of carbonyl (C=O) groups is 2. The highest BCUT2D eigenvalue weighted by Gasteiger charge is 2.27. The lowest BCUT2D eigenvalue weighted by atomic mass is 9.95. The third kappa shape index (κ3) is 9.82. The third-order valence-electron chi connectivity index (χ3n) is 5.35. The number of allylic oxidation sites excluding steroid dienone is 1. The second-order valence-corrected chi connectivity index (χ2v) is 14.0. The number of amides is 2. The Kier molecular flexibility index (Phi) is 10.1. The van der Waals surface area contributed by atoms with Crippen LogP contribution in [0.1, 0.15) is 79.7 Å². The Morgan fingerprint density at radius 3 is 2.46 bits per heavy atom. The first-order chi connectivity index (χ1) is 18.1. The first kappa shape index (κ1) is 30.9. The van der Waals surface area contributed by atoms with Crippen molar-refractivity contribution in [1.82, 2.24) is 15.0 Å². The summed E-state index contributed by atoms with van der Waals surface area (Å²) < 4.78 is 27.0. The second kappa shape index (κ2) is 12.7. The van der Waals surface area contributed by atoms with Gasteiger partial charge in [-0.1, -0.05) is 6.08 Å². The predicted octanol–water partition coefficient (Wildman–Crippen LogP) is 6.64. The fourth-order valence-electron chi connectivity index (χ4n) is 3.83. The molecule has 0 aliphatic heterocycles. The summed E-state index contributed by atoms with van der Waals surface area (Å²) in [5.41, 5.74) is 1.47. The molecule has 0 saturated carbocycles. The molecule has 9 nitrogen and oxygen atoms in total. The van der Waals surface area contributed by atoms with Gasteiger partial charge in [-0.3, -0.25) is 5.32 Å². The van der Waals surface area contributed by atoms with Gasteiger partial charge < -0.3 is 19.3 Å². The fourth-order valence-corrected chi connectivity index (χ4v) is 6.20. The molecule has 2 aromatic rings. The van der Waals surface area contributed by atoms with Crippen molar-refractivity contribution in [3.8, 4) is 10.4 Å². The number of thiazole rings is 1. The van der Waals surface area contributed by atoms with Gasteiger partial charge in [-0.2, -0.15) is 0 Å². The van der Waals surface area contributed by atoms with Crippen LogP contribution in [0.5, 0.6) is 0 Å². The number of alkyl carbamates (subject to hydrolysis) is 1. The molecule has 11 heteroatoms. The van der Waals surface area contributed by atoms with Crippen LogP contribution in [-0.2, 0) is 20.8 Å². The van der Waals surface area contributed by atoms with Crippen molar-refractivity contribution >= 4 is 46.1 Å². The number of hydrogen-bond donors (Lipinski definition) is 3. The summed E-state index contributed by atoms with van der Waals surface area (Å²) in [6.07, 6.45) is 4.94. The smallest absolute Gasteiger partial charge is 0.411 e. The van der Waals surface area contributed by atoms with E-state index in [0.717, 1.165) is 33.9 Å². The normalized spacial score (nSPS) is 16.9. The maximum Gasteiger partial charge on any atom is 0.411 e. The summed E-state index contributed by atoms with van der Waals surface area (Å²) in [5, 5.41) is 6.55. The van der Waals surface area contributed by atoms with Crippen molar-refractivity contribution in [3.63, 3.8) is 0 Å². The Labute approximate surface area is 238 Å². The largest absolute Gasteiger partial charge is 0.593 e. The lowest BCUT2D eigenvalue weighted by Gasteiger charge is -2.25. The Balaban J connectivity index is 1.80. The van der Waals surface area contributed by atoms with E-state index in [-0.39, 0.29) is 12.1 Å². The number of nitrogens with zero attached hydrogens (tertiary/aromatic N) is 1. The zero-order valence-corrected chi connectivity index (χ0v) is 25.6. The van der Waals surface area contributed by atoms with Gasteiger partial charge >= 0.3 is 12.2 Å². The number of benzene rings is 1. The summed E-state index contributed by atoms with van der Waals surface area (Å²) in [7, 11) is 0. The summed E-state index contributed by atoms with van der Waals surface area (Å²) in [4.78, 5) is 30.3. The molecule has 2 unspecified atom stereocenters. The molecular weight excluding hydrogens is 536 g/mol. The molecule has 1 aliphatic carbocycles. The van der Waals surface area contributed by atoms with Crippen molar-refractivity contribution in [2.75, 3.05) is 5.32 Å². The molecule has 3 rings (SSSR count). The van der Waals surface area contributed by atoms with Crippen molar-refractivity contribution in [2.45, 2.75) is 103 Å². The van der Waals surface area contributed by atoms with E-state index in [1.807, 2.05) is 47.6 Å². The zero-order chi connectivity index (χ0) is 29.0. The standard InChI is InChI=1S/C28H40N4O5S2/c1-17(2)36-25(33)31-20-13-14-21(23(15-20)39(35)32-27(3,4)5)22-16-29-24(38-22)18-9-11-19(12-10-18)30-26(34)37-28(6,7)8/h9,13-17,19,32H,10-12H2,1-8H3,(H,30,34)(H,31,33). The summed E-state index contributed by atoms with van der Waals surface area (Å²) in [6, 6.07) is 5.33. The molecule has 0 fully saturated rings. The number of nitrogens with one attached hydrogen (secondary N) is 3. The van der Waals surface area contributed by atoms with Gasteiger partial charge in [-0.25, -0.2) is 14.6 Å². The molecule has 0 spiro atoms. The quantitative estimate of drug-likeness (QED) is 0.316. The maximum atomic E-state index is 13.4. The van der Waals surface area contributed by atoms with Gasteiger partial charge in [0, 0.05) is 24.0 Å². The van der Waals surface area contributed by atoms with E-state index in [9.17, 15) is 14.1 Å². The fraction of sp³-hybridized carbons (Fsp3) is 0.536. The predicted molar refractivity (Wildman–Crippen MR) is 157 cm³/mol. The minimum Gasteiger partial charge on any atom is -0.593 e. The molecule has 2 amide bonds. The van der Waals surface area contributed by atoms with Crippen LogP contribution in [0.15, 0.2) is 35.4 Å². The maximum absolute atomic E-state index is 13.4. The zero-order valence-electron chi connectivity index (χ0n) is 24.0. The molecule has 3 N–H and O–H groups in total. The number of anilines is 1. The highest BCUT2D eigenvalue weighted by Crippen LogP contribution is 2.38. The van der Waals surface area contributed by atoms with Crippen LogP contribution >= 0.6 is 11.3 Å². The highest BCUT2D eigenvalue weighted by molar-refractivity contribution is 7.89. The van der Waals surface area contributed by atoms with Crippen LogP contribution in [0.25, 0.3) is 16.0 Å². The molecule has 0 radical (unpaired) electrons. The van der Waals surface area contributed by atoms with Gasteiger partial charge in [0.1, 0.15) is 10.6 Å².